The Hall–Kier alpha value is -2.10. The zero-order chi connectivity index (χ0) is 15.5. The SMILES string of the molecule is C=CCOc1nc(-c2ccc(Cl)cc2Cl)nc2ccccc12. The molecule has 0 aliphatic heterocycles. The zero-order valence-corrected chi connectivity index (χ0v) is 13.1. The van der Waals surface area contributed by atoms with Gasteiger partial charge in [-0.25, -0.2) is 4.98 Å². The second-order valence-electron chi connectivity index (χ2n) is 4.59. The quantitative estimate of drug-likeness (QED) is 0.619. The van der Waals surface area contributed by atoms with E-state index < -0.39 is 0 Å². The van der Waals surface area contributed by atoms with Gasteiger partial charge in [-0.3, -0.25) is 0 Å². The summed E-state index contributed by atoms with van der Waals surface area (Å²) in [6.45, 7) is 4.03. The number of nitrogens with zero attached hydrogens (tertiary/aromatic N) is 2. The van der Waals surface area contributed by atoms with Crippen molar-refractivity contribution in [3.63, 3.8) is 0 Å². The van der Waals surface area contributed by atoms with Crippen LogP contribution < -0.4 is 4.74 Å². The molecule has 2 aromatic carbocycles. The van der Waals surface area contributed by atoms with Crippen LogP contribution in [0, 0.1) is 0 Å². The maximum Gasteiger partial charge on any atom is 0.225 e. The maximum atomic E-state index is 6.25. The molecule has 0 bridgehead atoms. The molecular weight excluding hydrogens is 319 g/mol. The third-order valence-corrected chi connectivity index (χ3v) is 3.63. The fraction of sp³-hybridized carbons (Fsp3) is 0.0588. The molecule has 1 aromatic heterocycles. The normalized spacial score (nSPS) is 10.6. The lowest BCUT2D eigenvalue weighted by atomic mass is 10.2. The number of fused-ring (bicyclic) bond motifs is 1. The molecule has 0 saturated carbocycles. The van der Waals surface area contributed by atoms with E-state index in [1.807, 2.05) is 24.3 Å². The molecule has 3 nitrogen and oxygen atoms in total. The van der Waals surface area contributed by atoms with Crippen LogP contribution >= 0.6 is 23.2 Å². The van der Waals surface area contributed by atoms with E-state index in [4.69, 9.17) is 27.9 Å². The summed E-state index contributed by atoms with van der Waals surface area (Å²) >= 11 is 12.2. The molecule has 22 heavy (non-hydrogen) atoms. The highest BCUT2D eigenvalue weighted by Crippen LogP contribution is 2.31. The molecular formula is C17H12Cl2N2O. The van der Waals surface area contributed by atoms with Crippen molar-refractivity contribution in [2.45, 2.75) is 0 Å². The van der Waals surface area contributed by atoms with Crippen molar-refractivity contribution < 1.29 is 4.74 Å². The van der Waals surface area contributed by atoms with E-state index in [1.165, 1.54) is 0 Å². The van der Waals surface area contributed by atoms with Gasteiger partial charge in [-0.15, -0.1) is 0 Å². The first-order valence-electron chi connectivity index (χ1n) is 6.65. The van der Waals surface area contributed by atoms with Crippen molar-refractivity contribution in [2.75, 3.05) is 6.61 Å². The number of rotatable bonds is 4. The summed E-state index contributed by atoms with van der Waals surface area (Å²) in [5.41, 5.74) is 1.50. The molecule has 0 radical (unpaired) electrons. The zero-order valence-electron chi connectivity index (χ0n) is 11.6. The number of halogens is 2. The minimum Gasteiger partial charge on any atom is -0.473 e. The Morgan fingerprint density at radius 3 is 2.68 bits per heavy atom. The summed E-state index contributed by atoms with van der Waals surface area (Å²) in [7, 11) is 0. The van der Waals surface area contributed by atoms with Crippen molar-refractivity contribution in [2.24, 2.45) is 0 Å². The van der Waals surface area contributed by atoms with Gasteiger partial charge in [-0.1, -0.05) is 48.0 Å². The molecule has 0 saturated heterocycles. The topological polar surface area (TPSA) is 35.0 Å². The lowest BCUT2D eigenvalue weighted by Crippen LogP contribution is -2.00. The molecule has 0 unspecified atom stereocenters. The Bertz CT molecular complexity index is 849. The molecule has 0 amide bonds. The Kier molecular flexibility index (Phi) is 4.27. The summed E-state index contributed by atoms with van der Waals surface area (Å²) in [6.07, 6.45) is 1.67. The predicted octanol–water partition coefficient (Wildman–Crippen LogP) is 5.17. The van der Waals surface area contributed by atoms with E-state index in [-0.39, 0.29) is 0 Å². The Morgan fingerprint density at radius 2 is 1.91 bits per heavy atom. The maximum absolute atomic E-state index is 6.25. The van der Waals surface area contributed by atoms with E-state index in [9.17, 15) is 0 Å². The van der Waals surface area contributed by atoms with E-state index in [0.29, 0.717) is 33.9 Å². The van der Waals surface area contributed by atoms with E-state index in [2.05, 4.69) is 16.5 Å². The lowest BCUT2D eigenvalue weighted by molar-refractivity contribution is 0.353. The molecule has 0 aliphatic rings. The van der Waals surface area contributed by atoms with Crippen LogP contribution in [-0.4, -0.2) is 16.6 Å². The van der Waals surface area contributed by atoms with Crippen LogP contribution in [0.3, 0.4) is 0 Å². The van der Waals surface area contributed by atoms with Gasteiger partial charge in [0.05, 0.1) is 15.9 Å². The second-order valence-corrected chi connectivity index (χ2v) is 5.44. The highest BCUT2D eigenvalue weighted by atomic mass is 35.5. The van der Waals surface area contributed by atoms with Gasteiger partial charge < -0.3 is 4.74 Å². The van der Waals surface area contributed by atoms with Gasteiger partial charge in [-0.05, 0) is 30.3 Å². The summed E-state index contributed by atoms with van der Waals surface area (Å²) in [5.74, 6) is 1.01. The van der Waals surface area contributed by atoms with Gasteiger partial charge in [0.1, 0.15) is 6.61 Å². The van der Waals surface area contributed by atoms with E-state index in [0.717, 1.165) is 10.9 Å². The number of hydrogen-bond acceptors (Lipinski definition) is 3. The highest BCUT2D eigenvalue weighted by molar-refractivity contribution is 6.36. The average Bonchev–Trinajstić information content (AvgIpc) is 2.52. The molecule has 0 atom stereocenters. The van der Waals surface area contributed by atoms with Gasteiger partial charge in [-0.2, -0.15) is 4.98 Å². The fourth-order valence-electron chi connectivity index (χ4n) is 2.09. The van der Waals surface area contributed by atoms with Crippen molar-refractivity contribution in [1.29, 1.82) is 0 Å². The number of para-hydroxylation sites is 1. The Labute approximate surface area is 138 Å². The first-order valence-corrected chi connectivity index (χ1v) is 7.40. The van der Waals surface area contributed by atoms with Crippen molar-refractivity contribution in [3.8, 4) is 17.3 Å². The minimum absolute atomic E-state index is 0.370. The summed E-state index contributed by atoms with van der Waals surface area (Å²) in [6, 6.07) is 12.9. The third-order valence-electron chi connectivity index (χ3n) is 3.08. The van der Waals surface area contributed by atoms with Crippen LogP contribution in [0.25, 0.3) is 22.3 Å². The molecule has 0 N–H and O–H groups in total. The van der Waals surface area contributed by atoms with Gasteiger partial charge in [0.25, 0.3) is 0 Å². The first-order chi connectivity index (χ1) is 10.7. The number of benzene rings is 2. The standard InChI is InChI=1S/C17H12Cl2N2O/c1-2-9-22-17-13-5-3-4-6-15(13)20-16(21-17)12-8-7-11(18)10-14(12)19/h2-8,10H,1,9H2. The molecule has 110 valence electrons. The van der Waals surface area contributed by atoms with Gasteiger partial charge >= 0.3 is 0 Å². The summed E-state index contributed by atoms with van der Waals surface area (Å²) in [4.78, 5) is 9.05. The summed E-state index contributed by atoms with van der Waals surface area (Å²) in [5, 5.41) is 1.91. The number of ether oxygens (including phenoxy) is 1. The Morgan fingerprint density at radius 1 is 1.09 bits per heavy atom. The Balaban J connectivity index is 2.19. The lowest BCUT2D eigenvalue weighted by Gasteiger charge is -2.10. The van der Waals surface area contributed by atoms with Crippen LogP contribution in [-0.2, 0) is 0 Å². The molecule has 0 aliphatic carbocycles. The highest BCUT2D eigenvalue weighted by Gasteiger charge is 2.12. The smallest absolute Gasteiger partial charge is 0.225 e. The molecule has 1 heterocycles. The van der Waals surface area contributed by atoms with Crippen molar-refractivity contribution in [3.05, 3.63) is 65.2 Å². The molecule has 5 heteroatoms. The van der Waals surface area contributed by atoms with E-state index >= 15 is 0 Å². The predicted molar refractivity (Wildman–Crippen MR) is 90.7 cm³/mol. The van der Waals surface area contributed by atoms with Gasteiger partial charge in [0.2, 0.25) is 5.88 Å². The number of aromatic nitrogens is 2. The van der Waals surface area contributed by atoms with E-state index in [1.54, 1.807) is 24.3 Å². The van der Waals surface area contributed by atoms with Gasteiger partial charge in [0.15, 0.2) is 5.82 Å². The van der Waals surface area contributed by atoms with Crippen LogP contribution in [0.2, 0.25) is 10.0 Å². The second kappa shape index (κ2) is 6.34. The monoisotopic (exact) mass is 330 g/mol. The van der Waals surface area contributed by atoms with Crippen LogP contribution in [0.4, 0.5) is 0 Å². The largest absolute Gasteiger partial charge is 0.473 e. The first kappa shape index (κ1) is 14.8. The van der Waals surface area contributed by atoms with Crippen LogP contribution in [0.5, 0.6) is 5.88 Å². The van der Waals surface area contributed by atoms with Crippen molar-refractivity contribution >= 4 is 34.1 Å². The van der Waals surface area contributed by atoms with Crippen LogP contribution in [0.1, 0.15) is 0 Å². The van der Waals surface area contributed by atoms with Gasteiger partial charge in [0, 0.05) is 10.6 Å². The van der Waals surface area contributed by atoms with Crippen LogP contribution in [0.15, 0.2) is 55.1 Å². The third kappa shape index (κ3) is 2.91. The molecule has 3 aromatic rings. The average molecular weight is 331 g/mol. The van der Waals surface area contributed by atoms with Crippen molar-refractivity contribution in [1.82, 2.24) is 9.97 Å². The molecule has 3 rings (SSSR count). The minimum atomic E-state index is 0.370. The fourth-order valence-corrected chi connectivity index (χ4v) is 2.58. The molecule has 0 spiro atoms. The summed E-state index contributed by atoms with van der Waals surface area (Å²) < 4.78 is 5.66. The number of hydrogen-bond donors (Lipinski definition) is 0. The molecule has 0 fully saturated rings.